The summed E-state index contributed by atoms with van der Waals surface area (Å²) in [6, 6.07) is 0. The van der Waals surface area contributed by atoms with Crippen molar-refractivity contribution in [2.45, 2.75) is 13.8 Å². The molecule has 2 aliphatic rings. The molecule has 0 aromatic heterocycles. The molecule has 15 heavy (non-hydrogen) atoms. The van der Waals surface area contributed by atoms with E-state index in [1.54, 1.807) is 9.80 Å². The van der Waals surface area contributed by atoms with Gasteiger partial charge in [-0.3, -0.25) is 0 Å². The first-order chi connectivity index (χ1) is 6.61. The maximum atomic E-state index is 3.67. The van der Waals surface area contributed by atoms with Crippen LogP contribution >= 0.6 is 0 Å². The first-order valence-corrected chi connectivity index (χ1v) is 4.08. The fraction of sp³-hybridized carbons (Fsp3) is 0.500. The second-order valence-corrected chi connectivity index (χ2v) is 2.81. The summed E-state index contributed by atoms with van der Waals surface area (Å²) in [6.45, 7) is 9.00. The van der Waals surface area contributed by atoms with Crippen molar-refractivity contribution in [3.63, 3.8) is 0 Å². The molecule has 0 saturated carbocycles. The molecule has 5 radical (unpaired) electrons. The van der Waals surface area contributed by atoms with Gasteiger partial charge in [0, 0.05) is 60.1 Å². The van der Waals surface area contributed by atoms with Gasteiger partial charge in [-0.1, -0.05) is 0 Å². The van der Waals surface area contributed by atoms with Crippen LogP contribution in [-0.2, 0) is 32.7 Å². The Kier molecular flexibility index (Phi) is 6.84. The minimum absolute atomic E-state index is 0. The van der Waals surface area contributed by atoms with Crippen molar-refractivity contribution >= 4 is 11.7 Å². The minimum atomic E-state index is 0. The molecule has 6 nitrogen and oxygen atoms in total. The zero-order chi connectivity index (χ0) is 10.6. The zero-order valence-corrected chi connectivity index (χ0v) is 12.1. The fourth-order valence-electron chi connectivity index (χ4n) is 0.602. The predicted octanol–water partition coefficient (Wildman–Crippen LogP) is 1.27. The monoisotopic (exact) mass is 281 g/mol. The molecule has 2 rings (SSSR count). The minimum Gasteiger partial charge on any atom is -0.577 e. The van der Waals surface area contributed by atoms with Gasteiger partial charge in [-0.2, -0.15) is 0 Å². The van der Waals surface area contributed by atoms with Crippen LogP contribution in [0.5, 0.6) is 0 Å². The second kappa shape index (κ2) is 7.01. The van der Waals surface area contributed by atoms with E-state index in [0.717, 1.165) is 11.7 Å². The second-order valence-electron chi connectivity index (χ2n) is 2.81. The number of hydrogen-bond donors (Lipinski definition) is 0. The van der Waals surface area contributed by atoms with Crippen LogP contribution in [0.1, 0.15) is 13.8 Å². The first-order valence-electron chi connectivity index (χ1n) is 4.08. The van der Waals surface area contributed by atoms with Crippen molar-refractivity contribution in [2.75, 3.05) is 14.1 Å². The Bertz CT molecular complexity index is 226. The maximum absolute atomic E-state index is 3.67. The van der Waals surface area contributed by atoms with Gasteiger partial charge in [0.1, 0.15) is 0 Å². The van der Waals surface area contributed by atoms with E-state index in [1.165, 1.54) is 0 Å². The van der Waals surface area contributed by atoms with Gasteiger partial charge in [0.25, 0.3) is 0 Å². The Hall–Kier alpha value is -0.356. The van der Waals surface area contributed by atoms with E-state index < -0.39 is 0 Å². The van der Waals surface area contributed by atoms with Gasteiger partial charge in [0.2, 0.25) is 0 Å². The van der Waals surface area contributed by atoms with E-state index in [4.69, 9.17) is 0 Å². The Balaban J connectivity index is 0.000000245. The summed E-state index contributed by atoms with van der Waals surface area (Å²) in [4.78, 5) is 3.47. The van der Waals surface area contributed by atoms with E-state index in [-0.39, 0.29) is 32.7 Å². The third-order valence-electron chi connectivity index (χ3n) is 1.75. The van der Waals surface area contributed by atoms with E-state index in [9.17, 15) is 0 Å². The summed E-state index contributed by atoms with van der Waals surface area (Å²) in [7, 11) is 3.71. The summed E-state index contributed by atoms with van der Waals surface area (Å²) in [5.74, 6) is 1.78. The summed E-state index contributed by atoms with van der Waals surface area (Å²) >= 11 is 0. The van der Waals surface area contributed by atoms with Crippen LogP contribution in [0.4, 0.5) is 0 Å². The van der Waals surface area contributed by atoms with Crippen LogP contribution in [-0.4, -0.2) is 35.6 Å². The van der Waals surface area contributed by atoms with E-state index in [1.807, 2.05) is 27.9 Å². The topological polar surface area (TPSA) is 59.4 Å². The summed E-state index contributed by atoms with van der Waals surface area (Å²) in [6.07, 6.45) is 0. The SMILES string of the molecule is CC1=N[N-][C]N1C.CC1=N[N-][C]N1C.[Y]. The Morgan fingerprint density at radius 2 is 1.27 bits per heavy atom. The molecule has 7 heteroatoms. The number of rotatable bonds is 0. The van der Waals surface area contributed by atoms with Gasteiger partial charge >= 0.3 is 0 Å². The molecule has 0 spiro atoms. The number of hydrogen-bond acceptors (Lipinski definition) is 4. The van der Waals surface area contributed by atoms with Gasteiger partial charge in [-0.25, -0.2) is 0 Å². The zero-order valence-electron chi connectivity index (χ0n) is 9.26. The van der Waals surface area contributed by atoms with Crippen molar-refractivity contribution in [3.05, 3.63) is 24.2 Å². The average molecular weight is 281 g/mol. The molecule has 0 aromatic carbocycles. The molecule has 0 aliphatic carbocycles. The molecule has 0 unspecified atom stereocenters. The largest absolute Gasteiger partial charge is 0.577 e. The van der Waals surface area contributed by atoms with Crippen molar-refractivity contribution in [1.82, 2.24) is 9.80 Å². The van der Waals surface area contributed by atoms with Crippen LogP contribution in [0.3, 0.4) is 0 Å². The molecule has 79 valence electrons. The normalized spacial score (nSPS) is 17.9. The maximum Gasteiger partial charge on any atom is 0.0797 e. The van der Waals surface area contributed by atoms with Crippen LogP contribution in [0.15, 0.2) is 10.2 Å². The summed E-state index contributed by atoms with van der Waals surface area (Å²) in [5, 5.41) is 7.35. The van der Waals surface area contributed by atoms with Gasteiger partial charge in [-0.05, 0) is 13.8 Å². The van der Waals surface area contributed by atoms with E-state index >= 15 is 0 Å². The van der Waals surface area contributed by atoms with Crippen LogP contribution < -0.4 is 0 Å². The molecule has 2 heterocycles. The summed E-state index contributed by atoms with van der Waals surface area (Å²) < 4.78 is 0. The predicted molar refractivity (Wildman–Crippen MR) is 54.9 cm³/mol. The van der Waals surface area contributed by atoms with Crippen LogP contribution in [0, 0.1) is 13.3 Å². The molecule has 2 aliphatic heterocycles. The van der Waals surface area contributed by atoms with Gasteiger partial charge in [-0.15, -0.1) is 0 Å². The van der Waals surface area contributed by atoms with Crippen LogP contribution in [0.2, 0.25) is 0 Å². The standard InChI is InChI=1S/2C4H6N3.Y/c2*1-4-6-5-3-7(4)2;/h2*1-2H3;/q2*-1;. The molecular weight excluding hydrogens is 269 g/mol. The van der Waals surface area contributed by atoms with Gasteiger partial charge in [0.05, 0.1) is 11.7 Å². The van der Waals surface area contributed by atoms with Gasteiger partial charge in [0.15, 0.2) is 0 Å². The molecule has 0 aromatic rings. The van der Waals surface area contributed by atoms with Gasteiger partial charge < -0.3 is 30.9 Å². The van der Waals surface area contributed by atoms with E-state index in [2.05, 4.69) is 34.4 Å². The summed E-state index contributed by atoms with van der Waals surface area (Å²) in [5.41, 5.74) is 7.02. The third-order valence-corrected chi connectivity index (χ3v) is 1.75. The Morgan fingerprint density at radius 1 is 0.933 bits per heavy atom. The third kappa shape index (κ3) is 4.79. The average Bonchev–Trinajstić information content (AvgIpc) is 2.67. The molecule has 0 fully saturated rings. The molecule has 0 atom stereocenters. The van der Waals surface area contributed by atoms with Crippen molar-refractivity contribution in [1.29, 1.82) is 0 Å². The number of amidine groups is 2. The molecule has 0 N–H and O–H groups in total. The molecule has 0 bridgehead atoms. The molecule has 0 saturated heterocycles. The quantitative estimate of drug-likeness (QED) is 0.671. The Labute approximate surface area is 116 Å². The van der Waals surface area contributed by atoms with Crippen LogP contribution in [0.25, 0.3) is 10.9 Å². The fourth-order valence-corrected chi connectivity index (χ4v) is 0.602. The smallest absolute Gasteiger partial charge is 0.0797 e. The van der Waals surface area contributed by atoms with Crippen molar-refractivity contribution in [2.24, 2.45) is 10.2 Å². The first kappa shape index (κ1) is 14.6. The Morgan fingerprint density at radius 3 is 1.33 bits per heavy atom. The molecular formula is C8H12N6Y-2. The van der Waals surface area contributed by atoms with Crippen molar-refractivity contribution < 1.29 is 32.7 Å². The van der Waals surface area contributed by atoms with E-state index in [0.29, 0.717) is 0 Å². The number of nitrogens with zero attached hydrogens (tertiary/aromatic N) is 6. The molecule has 0 amide bonds. The van der Waals surface area contributed by atoms with Crippen molar-refractivity contribution in [3.8, 4) is 0 Å².